The number of alkyl halides is 4. The Morgan fingerprint density at radius 1 is 1.47 bits per heavy atom. The molecule has 2 nitrogen and oxygen atoms in total. The van der Waals surface area contributed by atoms with Gasteiger partial charge in [-0.3, -0.25) is 0 Å². The number of nitrogens with zero attached hydrogens (tertiary/aromatic N) is 1. The fourth-order valence-corrected chi connectivity index (χ4v) is 1.50. The van der Waals surface area contributed by atoms with Crippen LogP contribution in [0.3, 0.4) is 0 Å². The molecular weight excluding hydrogens is 329 g/mol. The van der Waals surface area contributed by atoms with E-state index in [1.807, 2.05) is 0 Å². The lowest BCUT2D eigenvalue weighted by Crippen LogP contribution is -2.19. The number of rotatable bonds is 2. The average molecular weight is 335 g/mol. The summed E-state index contributed by atoms with van der Waals surface area (Å²) in [5.74, 6) is -0.601. The van der Waals surface area contributed by atoms with Gasteiger partial charge >= 0.3 is 6.36 Å². The molecule has 0 aliphatic rings. The minimum absolute atomic E-state index is 0.0398. The van der Waals surface area contributed by atoms with E-state index in [1.54, 1.807) is 22.6 Å². The Morgan fingerprint density at radius 2 is 2.07 bits per heavy atom. The molecule has 15 heavy (non-hydrogen) atoms. The van der Waals surface area contributed by atoms with Crippen molar-refractivity contribution in [1.82, 2.24) is 4.98 Å². The SMILES string of the molecule is Cc1cc(CF)c(I)c(OC(F)(F)F)n1. The van der Waals surface area contributed by atoms with Crippen molar-refractivity contribution in [1.29, 1.82) is 0 Å². The highest BCUT2D eigenvalue weighted by atomic mass is 127. The van der Waals surface area contributed by atoms with Crippen molar-refractivity contribution in [2.75, 3.05) is 0 Å². The van der Waals surface area contributed by atoms with Crippen LogP contribution in [0.4, 0.5) is 17.6 Å². The Hall–Kier alpha value is -0.600. The highest BCUT2D eigenvalue weighted by molar-refractivity contribution is 14.1. The fourth-order valence-electron chi connectivity index (χ4n) is 0.969. The minimum atomic E-state index is -4.81. The predicted octanol–water partition coefficient (Wildman–Crippen LogP) is 3.36. The average Bonchev–Trinajstić information content (AvgIpc) is 2.08. The van der Waals surface area contributed by atoms with Crippen molar-refractivity contribution in [3.05, 3.63) is 20.9 Å². The standard InChI is InChI=1S/C8H6F4INO/c1-4-2-5(3-9)6(13)7(14-4)15-8(10,11)12/h2H,3H2,1H3. The van der Waals surface area contributed by atoms with Gasteiger partial charge in [0.2, 0.25) is 5.88 Å². The van der Waals surface area contributed by atoms with Crippen LogP contribution < -0.4 is 4.74 Å². The van der Waals surface area contributed by atoms with Crippen LogP contribution in [0.15, 0.2) is 6.07 Å². The number of hydrogen-bond acceptors (Lipinski definition) is 2. The second kappa shape index (κ2) is 4.50. The third kappa shape index (κ3) is 3.47. The van der Waals surface area contributed by atoms with Crippen LogP contribution in [0, 0.1) is 10.5 Å². The van der Waals surface area contributed by atoms with Crippen LogP contribution >= 0.6 is 22.6 Å². The molecule has 1 rings (SSSR count). The molecule has 0 saturated carbocycles. The Balaban J connectivity index is 3.12. The number of hydrogen-bond donors (Lipinski definition) is 0. The summed E-state index contributed by atoms with van der Waals surface area (Å²) in [5, 5.41) is 0. The summed E-state index contributed by atoms with van der Waals surface area (Å²) < 4.78 is 51.9. The lowest BCUT2D eigenvalue weighted by Gasteiger charge is -2.11. The molecule has 1 aromatic heterocycles. The zero-order valence-corrected chi connectivity index (χ0v) is 9.69. The first-order valence-electron chi connectivity index (χ1n) is 3.81. The van der Waals surface area contributed by atoms with Crippen LogP contribution in [0.2, 0.25) is 0 Å². The first-order valence-corrected chi connectivity index (χ1v) is 4.89. The summed E-state index contributed by atoms with van der Waals surface area (Å²) in [4.78, 5) is 3.55. The van der Waals surface area contributed by atoms with Gasteiger partial charge in [-0.1, -0.05) is 0 Å². The molecule has 0 saturated heterocycles. The topological polar surface area (TPSA) is 22.1 Å². The highest BCUT2D eigenvalue weighted by Crippen LogP contribution is 2.28. The lowest BCUT2D eigenvalue weighted by atomic mass is 10.2. The van der Waals surface area contributed by atoms with E-state index in [9.17, 15) is 17.6 Å². The smallest absolute Gasteiger partial charge is 0.387 e. The molecular formula is C8H6F4INO. The van der Waals surface area contributed by atoms with E-state index >= 15 is 0 Å². The van der Waals surface area contributed by atoms with Gasteiger partial charge in [-0.25, -0.2) is 9.37 Å². The van der Waals surface area contributed by atoms with Crippen LogP contribution in [0.1, 0.15) is 11.3 Å². The van der Waals surface area contributed by atoms with E-state index in [0.717, 1.165) is 0 Å². The minimum Gasteiger partial charge on any atom is -0.387 e. The Morgan fingerprint density at radius 3 is 2.53 bits per heavy atom. The third-order valence-corrected chi connectivity index (χ3v) is 2.64. The molecule has 0 N–H and O–H groups in total. The van der Waals surface area contributed by atoms with Crippen LogP contribution in [0.5, 0.6) is 5.88 Å². The largest absolute Gasteiger partial charge is 0.574 e. The van der Waals surface area contributed by atoms with Gasteiger partial charge in [0.05, 0.1) is 3.57 Å². The number of aryl methyl sites for hydroxylation is 1. The molecule has 0 aliphatic carbocycles. The summed E-state index contributed by atoms with van der Waals surface area (Å²) in [7, 11) is 0. The molecule has 0 spiro atoms. The van der Waals surface area contributed by atoms with Gasteiger partial charge in [0.1, 0.15) is 6.67 Å². The molecule has 0 atom stereocenters. The van der Waals surface area contributed by atoms with E-state index < -0.39 is 18.9 Å². The Labute approximate surface area is 96.8 Å². The van der Waals surface area contributed by atoms with E-state index in [2.05, 4.69) is 9.72 Å². The zero-order valence-electron chi connectivity index (χ0n) is 7.53. The first kappa shape index (κ1) is 12.5. The number of pyridine rings is 1. The highest BCUT2D eigenvalue weighted by Gasteiger charge is 2.33. The lowest BCUT2D eigenvalue weighted by molar-refractivity contribution is -0.276. The molecule has 1 heterocycles. The van der Waals surface area contributed by atoms with E-state index in [0.29, 0.717) is 0 Å². The van der Waals surface area contributed by atoms with Crippen LogP contribution in [-0.2, 0) is 6.67 Å². The zero-order chi connectivity index (χ0) is 11.6. The van der Waals surface area contributed by atoms with Crippen LogP contribution in [0.25, 0.3) is 0 Å². The summed E-state index contributed by atoms with van der Waals surface area (Å²) in [6.07, 6.45) is -4.81. The molecule has 84 valence electrons. The third-order valence-electron chi connectivity index (χ3n) is 1.49. The maximum absolute atomic E-state index is 12.4. The maximum atomic E-state index is 12.4. The molecule has 0 aromatic carbocycles. The quantitative estimate of drug-likeness (QED) is 0.611. The van der Waals surface area contributed by atoms with Gasteiger partial charge in [0, 0.05) is 11.3 Å². The first-order chi connectivity index (χ1) is 6.83. The summed E-state index contributed by atoms with van der Waals surface area (Å²) in [6, 6.07) is 1.38. The summed E-state index contributed by atoms with van der Waals surface area (Å²) in [6.45, 7) is 0.619. The number of halogens is 5. The van der Waals surface area contributed by atoms with Crippen molar-refractivity contribution < 1.29 is 22.3 Å². The molecule has 0 unspecified atom stereocenters. The number of ether oxygens (including phenoxy) is 1. The van der Waals surface area contributed by atoms with Crippen molar-refractivity contribution in [2.24, 2.45) is 0 Å². The number of aromatic nitrogens is 1. The molecule has 7 heteroatoms. The second-order valence-corrected chi connectivity index (χ2v) is 3.80. The van der Waals surface area contributed by atoms with Gasteiger partial charge in [-0.2, -0.15) is 0 Å². The second-order valence-electron chi connectivity index (χ2n) is 2.72. The summed E-state index contributed by atoms with van der Waals surface area (Å²) >= 11 is 1.57. The normalized spacial score (nSPS) is 11.6. The van der Waals surface area contributed by atoms with Crippen molar-refractivity contribution in [2.45, 2.75) is 20.0 Å². The van der Waals surface area contributed by atoms with Gasteiger partial charge in [-0.15, -0.1) is 13.2 Å². The molecule has 0 radical (unpaired) electrons. The van der Waals surface area contributed by atoms with Crippen molar-refractivity contribution in [3.8, 4) is 5.88 Å². The monoisotopic (exact) mass is 335 g/mol. The molecule has 0 fully saturated rings. The van der Waals surface area contributed by atoms with Gasteiger partial charge in [-0.05, 0) is 35.6 Å². The van der Waals surface area contributed by atoms with E-state index in [4.69, 9.17) is 0 Å². The molecule has 0 amide bonds. The Bertz CT molecular complexity index is 366. The van der Waals surface area contributed by atoms with E-state index in [1.165, 1.54) is 13.0 Å². The van der Waals surface area contributed by atoms with Crippen molar-refractivity contribution >= 4 is 22.6 Å². The van der Waals surface area contributed by atoms with Crippen molar-refractivity contribution in [3.63, 3.8) is 0 Å². The van der Waals surface area contributed by atoms with Gasteiger partial charge in [0.15, 0.2) is 0 Å². The van der Waals surface area contributed by atoms with Crippen LogP contribution in [-0.4, -0.2) is 11.3 Å². The van der Waals surface area contributed by atoms with Gasteiger partial charge < -0.3 is 4.74 Å². The predicted molar refractivity (Wildman–Crippen MR) is 53.2 cm³/mol. The fraction of sp³-hybridized carbons (Fsp3) is 0.375. The van der Waals surface area contributed by atoms with Gasteiger partial charge in [0.25, 0.3) is 0 Å². The maximum Gasteiger partial charge on any atom is 0.574 e. The molecule has 0 bridgehead atoms. The van der Waals surface area contributed by atoms with E-state index in [-0.39, 0.29) is 14.8 Å². The summed E-state index contributed by atoms with van der Waals surface area (Å²) in [5.41, 5.74) is 0.421. The Kier molecular flexibility index (Phi) is 3.74. The molecule has 1 aromatic rings. The molecule has 0 aliphatic heterocycles.